The molecule has 2 aromatic rings. The van der Waals surface area contributed by atoms with E-state index in [1.54, 1.807) is 31.2 Å². The second kappa shape index (κ2) is 8.21. The van der Waals surface area contributed by atoms with Crippen molar-refractivity contribution in [1.82, 2.24) is 4.90 Å². The van der Waals surface area contributed by atoms with Crippen LogP contribution >= 0.6 is 0 Å². The molecule has 134 valence electrons. The maximum Gasteiger partial charge on any atom is 0.341 e. The number of rotatable bonds is 6. The molecule has 1 fully saturated rings. The number of benzene rings is 2. The molecule has 1 heterocycles. The summed E-state index contributed by atoms with van der Waals surface area (Å²) in [6.07, 6.45) is 3.77. The molecule has 5 nitrogen and oxygen atoms in total. The van der Waals surface area contributed by atoms with Crippen molar-refractivity contribution in [2.75, 3.05) is 32.8 Å². The van der Waals surface area contributed by atoms with Crippen molar-refractivity contribution in [2.24, 2.45) is 0 Å². The van der Waals surface area contributed by atoms with Gasteiger partial charge < -0.3 is 14.6 Å². The second-order valence-electron chi connectivity index (χ2n) is 6.32. The van der Waals surface area contributed by atoms with E-state index in [1.807, 2.05) is 6.07 Å². The third-order valence-electron chi connectivity index (χ3n) is 4.57. The molecule has 25 heavy (non-hydrogen) atoms. The minimum Gasteiger partial charge on any atom is -0.507 e. The molecule has 0 radical (unpaired) electrons. The van der Waals surface area contributed by atoms with Crippen LogP contribution in [-0.4, -0.2) is 48.8 Å². The Hall–Kier alpha value is -2.27. The number of hydrogen-bond acceptors (Lipinski definition) is 5. The molecule has 5 heteroatoms. The van der Waals surface area contributed by atoms with Gasteiger partial charge in [-0.05, 0) is 56.4 Å². The largest absolute Gasteiger partial charge is 0.507 e. The first kappa shape index (κ1) is 17.5. The quantitative estimate of drug-likeness (QED) is 0.812. The first-order valence-electron chi connectivity index (χ1n) is 8.97. The number of carbonyl (C=O) groups excluding carboxylic acids is 1. The summed E-state index contributed by atoms with van der Waals surface area (Å²) in [5, 5.41) is 11.5. The lowest BCUT2D eigenvalue weighted by molar-refractivity contribution is 0.0521. The van der Waals surface area contributed by atoms with E-state index in [4.69, 9.17) is 9.47 Å². The standard InChI is InChI=1S/C20H25NO4/c1-2-24-20(23)17-13-15-7-6-8-18(22)16(15)14-19(17)25-12-11-21-9-4-3-5-10-21/h6-8,13-14,22H,2-5,9-12H2,1H3. The van der Waals surface area contributed by atoms with Crippen LogP contribution in [0.5, 0.6) is 11.5 Å². The maximum atomic E-state index is 12.3. The zero-order valence-corrected chi connectivity index (χ0v) is 14.7. The molecule has 0 aromatic heterocycles. The lowest BCUT2D eigenvalue weighted by atomic mass is 10.0. The van der Waals surface area contributed by atoms with E-state index < -0.39 is 5.97 Å². The third-order valence-corrected chi connectivity index (χ3v) is 4.57. The average Bonchev–Trinajstić information content (AvgIpc) is 2.63. The van der Waals surface area contributed by atoms with Gasteiger partial charge in [0.25, 0.3) is 0 Å². The first-order valence-corrected chi connectivity index (χ1v) is 8.97. The zero-order valence-electron chi connectivity index (χ0n) is 14.7. The normalized spacial score (nSPS) is 15.2. The fourth-order valence-electron chi connectivity index (χ4n) is 3.24. The Balaban J connectivity index is 1.81. The summed E-state index contributed by atoms with van der Waals surface area (Å²) in [6.45, 7) is 5.64. The summed E-state index contributed by atoms with van der Waals surface area (Å²) < 4.78 is 11.1. The van der Waals surface area contributed by atoms with Crippen LogP contribution in [0.3, 0.4) is 0 Å². The van der Waals surface area contributed by atoms with Crippen LogP contribution in [0.2, 0.25) is 0 Å². The predicted octanol–water partition coefficient (Wildman–Crippen LogP) is 3.59. The smallest absolute Gasteiger partial charge is 0.341 e. The van der Waals surface area contributed by atoms with Gasteiger partial charge in [-0.15, -0.1) is 0 Å². The van der Waals surface area contributed by atoms with Crippen molar-refractivity contribution in [2.45, 2.75) is 26.2 Å². The molecule has 1 aliphatic heterocycles. The van der Waals surface area contributed by atoms with Gasteiger partial charge >= 0.3 is 5.97 Å². The van der Waals surface area contributed by atoms with Crippen molar-refractivity contribution >= 4 is 16.7 Å². The van der Waals surface area contributed by atoms with Crippen LogP contribution in [0, 0.1) is 0 Å². The highest BCUT2D eigenvalue weighted by Gasteiger charge is 2.17. The Morgan fingerprint density at radius 1 is 1.20 bits per heavy atom. The molecule has 3 rings (SSSR count). The molecule has 0 spiro atoms. The van der Waals surface area contributed by atoms with E-state index in [1.165, 1.54) is 19.3 Å². The molecule has 0 unspecified atom stereocenters. The first-order chi connectivity index (χ1) is 12.2. The Bertz CT molecular complexity index is 738. The van der Waals surface area contributed by atoms with Crippen LogP contribution in [0.1, 0.15) is 36.5 Å². The molecule has 0 aliphatic carbocycles. The van der Waals surface area contributed by atoms with Gasteiger partial charge in [-0.3, -0.25) is 4.90 Å². The summed E-state index contributed by atoms with van der Waals surface area (Å²) in [5.74, 6) is 0.235. The number of aromatic hydroxyl groups is 1. The average molecular weight is 343 g/mol. The Morgan fingerprint density at radius 3 is 2.76 bits per heavy atom. The van der Waals surface area contributed by atoms with E-state index in [0.717, 1.165) is 25.0 Å². The highest BCUT2D eigenvalue weighted by atomic mass is 16.5. The number of ether oxygens (including phenoxy) is 2. The monoisotopic (exact) mass is 343 g/mol. The highest BCUT2D eigenvalue weighted by molar-refractivity contribution is 6.00. The van der Waals surface area contributed by atoms with Crippen LogP contribution < -0.4 is 4.74 Å². The van der Waals surface area contributed by atoms with Crippen molar-refractivity contribution in [3.8, 4) is 11.5 Å². The topological polar surface area (TPSA) is 59.0 Å². The van der Waals surface area contributed by atoms with E-state index >= 15 is 0 Å². The Labute approximate surface area is 148 Å². The van der Waals surface area contributed by atoms with Gasteiger partial charge in [0.15, 0.2) is 0 Å². The van der Waals surface area contributed by atoms with Crippen LogP contribution in [0.4, 0.5) is 0 Å². The summed E-state index contributed by atoms with van der Waals surface area (Å²) in [4.78, 5) is 14.7. The van der Waals surface area contributed by atoms with Crippen LogP contribution in [-0.2, 0) is 4.74 Å². The van der Waals surface area contributed by atoms with Crippen molar-refractivity contribution < 1.29 is 19.4 Å². The molecule has 1 N–H and O–H groups in total. The minimum atomic E-state index is -0.402. The van der Waals surface area contributed by atoms with Crippen LogP contribution in [0.25, 0.3) is 10.8 Å². The van der Waals surface area contributed by atoms with E-state index in [0.29, 0.717) is 29.9 Å². The lowest BCUT2D eigenvalue weighted by Crippen LogP contribution is -2.33. The van der Waals surface area contributed by atoms with Crippen molar-refractivity contribution in [3.63, 3.8) is 0 Å². The number of piperidine rings is 1. The molecular formula is C20H25NO4. The fraction of sp³-hybridized carbons (Fsp3) is 0.450. The van der Waals surface area contributed by atoms with Gasteiger partial charge in [0.2, 0.25) is 0 Å². The van der Waals surface area contributed by atoms with Gasteiger partial charge in [0.05, 0.1) is 6.61 Å². The number of phenols is 1. The van der Waals surface area contributed by atoms with E-state index in [9.17, 15) is 9.90 Å². The number of hydrogen-bond donors (Lipinski definition) is 1. The number of nitrogens with zero attached hydrogens (tertiary/aromatic N) is 1. The van der Waals surface area contributed by atoms with Gasteiger partial charge in [0.1, 0.15) is 23.7 Å². The molecule has 0 bridgehead atoms. The Morgan fingerprint density at radius 2 is 2.00 bits per heavy atom. The van der Waals surface area contributed by atoms with Crippen molar-refractivity contribution in [1.29, 1.82) is 0 Å². The summed E-state index contributed by atoms with van der Waals surface area (Å²) in [6, 6.07) is 8.69. The lowest BCUT2D eigenvalue weighted by Gasteiger charge is -2.26. The highest BCUT2D eigenvalue weighted by Crippen LogP contribution is 2.32. The van der Waals surface area contributed by atoms with E-state index in [2.05, 4.69) is 4.90 Å². The van der Waals surface area contributed by atoms with Crippen LogP contribution in [0.15, 0.2) is 30.3 Å². The SMILES string of the molecule is CCOC(=O)c1cc2cccc(O)c2cc1OCCN1CCCCC1. The van der Waals surface area contributed by atoms with Crippen molar-refractivity contribution in [3.05, 3.63) is 35.9 Å². The fourth-order valence-corrected chi connectivity index (χ4v) is 3.24. The molecule has 0 amide bonds. The number of esters is 1. The maximum absolute atomic E-state index is 12.3. The predicted molar refractivity (Wildman–Crippen MR) is 97.4 cm³/mol. The molecular weight excluding hydrogens is 318 g/mol. The molecule has 0 saturated carbocycles. The minimum absolute atomic E-state index is 0.175. The van der Waals surface area contributed by atoms with Gasteiger partial charge in [-0.2, -0.15) is 0 Å². The number of fused-ring (bicyclic) bond motifs is 1. The third kappa shape index (κ3) is 4.23. The number of likely N-dealkylation sites (tertiary alicyclic amines) is 1. The summed E-state index contributed by atoms with van der Waals surface area (Å²) >= 11 is 0. The number of carbonyl (C=O) groups is 1. The van der Waals surface area contributed by atoms with E-state index in [-0.39, 0.29) is 5.75 Å². The van der Waals surface area contributed by atoms with Gasteiger partial charge in [-0.25, -0.2) is 4.79 Å². The van der Waals surface area contributed by atoms with Gasteiger partial charge in [-0.1, -0.05) is 18.6 Å². The molecule has 2 aromatic carbocycles. The summed E-state index contributed by atoms with van der Waals surface area (Å²) in [5.41, 5.74) is 0.401. The second-order valence-corrected chi connectivity index (χ2v) is 6.32. The molecule has 1 saturated heterocycles. The Kier molecular flexibility index (Phi) is 5.76. The zero-order chi connectivity index (χ0) is 17.6. The molecule has 1 aliphatic rings. The summed E-state index contributed by atoms with van der Waals surface area (Å²) in [7, 11) is 0. The van der Waals surface area contributed by atoms with Gasteiger partial charge in [0, 0.05) is 11.9 Å². The molecule has 0 atom stereocenters. The number of phenolic OH excluding ortho intramolecular Hbond substituents is 1.